The predicted octanol–water partition coefficient (Wildman–Crippen LogP) is 4.06. The topological polar surface area (TPSA) is 69.7 Å². The minimum atomic E-state index is -1.30. The average molecular weight is 454 g/mol. The molecule has 0 aliphatic carbocycles. The Bertz CT molecular complexity index is 1230. The lowest BCUT2D eigenvalue weighted by Gasteiger charge is -2.24. The van der Waals surface area contributed by atoms with Gasteiger partial charge in [-0.25, -0.2) is 9.18 Å². The summed E-state index contributed by atoms with van der Waals surface area (Å²) >= 11 is 6.03. The van der Waals surface area contributed by atoms with Crippen LogP contribution in [0.2, 0.25) is 5.02 Å². The minimum absolute atomic E-state index is 0.0874. The van der Waals surface area contributed by atoms with Crippen LogP contribution in [0.3, 0.4) is 0 Å². The van der Waals surface area contributed by atoms with E-state index in [0.29, 0.717) is 5.56 Å². The molecule has 3 aromatic carbocycles. The highest BCUT2D eigenvalue weighted by atomic mass is 35.5. The highest BCUT2D eigenvalue weighted by Gasteiger charge is 2.49. The van der Waals surface area contributed by atoms with E-state index in [1.54, 1.807) is 13.0 Å². The van der Waals surface area contributed by atoms with Crippen LogP contribution in [0.4, 0.5) is 9.18 Å². The van der Waals surface area contributed by atoms with E-state index in [9.17, 15) is 18.8 Å². The van der Waals surface area contributed by atoms with Crippen molar-refractivity contribution in [1.82, 2.24) is 15.1 Å². The number of fused-ring (bicyclic) bond motifs is 1. The fraction of sp³-hybridized carbons (Fsp3) is 0.208. The van der Waals surface area contributed by atoms with Crippen LogP contribution in [-0.2, 0) is 21.7 Å². The highest BCUT2D eigenvalue weighted by molar-refractivity contribution is 6.31. The van der Waals surface area contributed by atoms with Gasteiger partial charge in [-0.2, -0.15) is 0 Å². The first kappa shape index (κ1) is 21.8. The summed E-state index contributed by atoms with van der Waals surface area (Å²) in [5.74, 6) is -1.57. The molecule has 1 saturated heterocycles. The molecule has 4 rings (SSSR count). The Labute approximate surface area is 189 Å². The van der Waals surface area contributed by atoms with Crippen molar-refractivity contribution in [2.24, 2.45) is 0 Å². The Morgan fingerprint density at radius 3 is 2.53 bits per heavy atom. The first-order valence-corrected chi connectivity index (χ1v) is 10.4. The molecule has 4 amide bonds. The van der Waals surface area contributed by atoms with Gasteiger partial charge in [0.15, 0.2) is 0 Å². The monoisotopic (exact) mass is 453 g/mol. The fourth-order valence-electron chi connectivity index (χ4n) is 3.80. The van der Waals surface area contributed by atoms with Gasteiger partial charge in [-0.15, -0.1) is 0 Å². The van der Waals surface area contributed by atoms with E-state index in [1.165, 1.54) is 30.1 Å². The van der Waals surface area contributed by atoms with E-state index < -0.39 is 35.7 Å². The molecule has 1 atom stereocenters. The van der Waals surface area contributed by atoms with Gasteiger partial charge in [0.1, 0.15) is 17.9 Å². The maximum absolute atomic E-state index is 14.1. The van der Waals surface area contributed by atoms with E-state index in [-0.39, 0.29) is 17.1 Å². The molecule has 0 saturated carbocycles. The third-order valence-corrected chi connectivity index (χ3v) is 6.13. The Morgan fingerprint density at radius 2 is 1.81 bits per heavy atom. The molecule has 1 N–H and O–H groups in total. The molecule has 6 nitrogen and oxygen atoms in total. The molecule has 8 heteroatoms. The maximum Gasteiger partial charge on any atom is 0.325 e. The van der Waals surface area contributed by atoms with Gasteiger partial charge in [-0.3, -0.25) is 14.5 Å². The lowest BCUT2D eigenvalue weighted by Crippen LogP contribution is -2.43. The Morgan fingerprint density at radius 1 is 1.09 bits per heavy atom. The number of amides is 4. The summed E-state index contributed by atoms with van der Waals surface area (Å²) < 4.78 is 14.1. The second-order valence-electron chi connectivity index (χ2n) is 7.96. The zero-order chi connectivity index (χ0) is 23.0. The number of carbonyl (C=O) groups excluding carboxylic acids is 3. The second kappa shape index (κ2) is 8.24. The van der Waals surface area contributed by atoms with Crippen molar-refractivity contribution < 1.29 is 18.8 Å². The maximum atomic E-state index is 14.1. The number of hydrogen-bond acceptors (Lipinski definition) is 3. The van der Waals surface area contributed by atoms with Crippen LogP contribution in [0.5, 0.6) is 0 Å². The highest BCUT2D eigenvalue weighted by Crippen LogP contribution is 2.31. The van der Waals surface area contributed by atoms with Gasteiger partial charge in [0.25, 0.3) is 5.91 Å². The van der Waals surface area contributed by atoms with Crippen LogP contribution in [0, 0.1) is 5.82 Å². The summed E-state index contributed by atoms with van der Waals surface area (Å²) in [4.78, 5) is 40.6. The SMILES string of the molecule is CN(Cc1c(F)cccc1Cl)C(=O)CN1C(=O)NC(C)(c2ccc3ccccc3c2)C1=O. The number of benzene rings is 3. The number of imide groups is 1. The number of hydrogen-bond donors (Lipinski definition) is 1. The van der Waals surface area contributed by atoms with E-state index >= 15 is 0 Å². The van der Waals surface area contributed by atoms with Crippen molar-refractivity contribution in [3.63, 3.8) is 0 Å². The van der Waals surface area contributed by atoms with Crippen molar-refractivity contribution in [2.45, 2.75) is 19.0 Å². The second-order valence-corrected chi connectivity index (χ2v) is 8.37. The molecule has 3 aromatic rings. The van der Waals surface area contributed by atoms with E-state index in [0.717, 1.165) is 15.7 Å². The average Bonchev–Trinajstić information content (AvgIpc) is 2.99. The van der Waals surface area contributed by atoms with Crippen molar-refractivity contribution in [1.29, 1.82) is 0 Å². The number of carbonyl (C=O) groups is 3. The van der Waals surface area contributed by atoms with Crippen LogP contribution in [0.25, 0.3) is 10.8 Å². The molecule has 1 aliphatic heterocycles. The third-order valence-electron chi connectivity index (χ3n) is 5.78. The molecule has 1 aliphatic rings. The molecule has 0 spiro atoms. The molecule has 0 bridgehead atoms. The van der Waals surface area contributed by atoms with Gasteiger partial charge in [0, 0.05) is 24.2 Å². The summed E-state index contributed by atoms with van der Waals surface area (Å²) in [7, 11) is 1.46. The molecule has 1 unspecified atom stereocenters. The predicted molar refractivity (Wildman–Crippen MR) is 119 cm³/mol. The summed E-state index contributed by atoms with van der Waals surface area (Å²) in [6, 6.07) is 16.8. The molecular formula is C24H21ClFN3O3. The molecule has 1 fully saturated rings. The number of rotatable bonds is 5. The third kappa shape index (κ3) is 3.80. The van der Waals surface area contributed by atoms with Crippen LogP contribution >= 0.6 is 11.6 Å². The van der Waals surface area contributed by atoms with Gasteiger partial charge in [-0.1, -0.05) is 54.1 Å². The molecule has 0 radical (unpaired) electrons. The van der Waals surface area contributed by atoms with Crippen molar-refractivity contribution in [3.05, 3.63) is 82.6 Å². The minimum Gasteiger partial charge on any atom is -0.340 e. The van der Waals surface area contributed by atoms with E-state index in [4.69, 9.17) is 11.6 Å². The van der Waals surface area contributed by atoms with Gasteiger partial charge < -0.3 is 10.2 Å². The van der Waals surface area contributed by atoms with Crippen molar-refractivity contribution in [2.75, 3.05) is 13.6 Å². The molecule has 1 heterocycles. The van der Waals surface area contributed by atoms with Gasteiger partial charge >= 0.3 is 6.03 Å². The number of urea groups is 1. The smallest absolute Gasteiger partial charge is 0.325 e. The lowest BCUT2D eigenvalue weighted by molar-refractivity contribution is -0.138. The summed E-state index contributed by atoms with van der Waals surface area (Å²) in [5.41, 5.74) is -0.506. The number of nitrogens with one attached hydrogen (secondary N) is 1. The number of nitrogens with zero attached hydrogens (tertiary/aromatic N) is 2. The Hall–Kier alpha value is -3.45. The number of halogens is 2. The van der Waals surface area contributed by atoms with Crippen molar-refractivity contribution >= 4 is 40.2 Å². The molecular weight excluding hydrogens is 433 g/mol. The normalized spacial score (nSPS) is 18.2. The van der Waals surface area contributed by atoms with Crippen LogP contribution in [-0.4, -0.2) is 41.2 Å². The van der Waals surface area contributed by atoms with E-state index in [1.807, 2.05) is 36.4 Å². The fourth-order valence-corrected chi connectivity index (χ4v) is 4.02. The Kier molecular flexibility index (Phi) is 5.60. The first-order chi connectivity index (χ1) is 15.2. The molecule has 164 valence electrons. The van der Waals surface area contributed by atoms with Gasteiger partial charge in [0.2, 0.25) is 5.91 Å². The molecule has 32 heavy (non-hydrogen) atoms. The van der Waals surface area contributed by atoms with Gasteiger partial charge in [0.05, 0.1) is 0 Å². The van der Waals surface area contributed by atoms with Crippen molar-refractivity contribution in [3.8, 4) is 0 Å². The summed E-state index contributed by atoms with van der Waals surface area (Å²) in [6.07, 6.45) is 0. The quantitative estimate of drug-likeness (QED) is 0.592. The molecule has 0 aromatic heterocycles. The number of likely N-dealkylation sites (N-methyl/N-ethyl adjacent to an activating group) is 1. The summed E-state index contributed by atoms with van der Waals surface area (Å²) in [5, 5.41) is 4.85. The van der Waals surface area contributed by atoms with Crippen LogP contribution in [0.1, 0.15) is 18.1 Å². The largest absolute Gasteiger partial charge is 0.340 e. The van der Waals surface area contributed by atoms with Crippen LogP contribution < -0.4 is 5.32 Å². The lowest BCUT2D eigenvalue weighted by atomic mass is 9.90. The van der Waals surface area contributed by atoms with Crippen LogP contribution in [0.15, 0.2) is 60.7 Å². The zero-order valence-corrected chi connectivity index (χ0v) is 18.3. The standard InChI is InChI=1S/C24H21ClFN3O3/c1-24(17-11-10-15-6-3-4-7-16(15)12-17)22(31)29(23(32)27-24)14-21(30)28(2)13-18-19(25)8-5-9-20(18)26/h3-12H,13-14H2,1-2H3,(H,27,32). The van der Waals surface area contributed by atoms with Gasteiger partial charge in [-0.05, 0) is 41.5 Å². The Balaban J connectivity index is 1.52. The van der Waals surface area contributed by atoms with E-state index in [2.05, 4.69) is 5.32 Å². The zero-order valence-electron chi connectivity index (χ0n) is 17.6. The summed E-state index contributed by atoms with van der Waals surface area (Å²) in [6.45, 7) is 1.07. The first-order valence-electron chi connectivity index (χ1n) is 10.0.